The van der Waals surface area contributed by atoms with E-state index in [0.29, 0.717) is 33.7 Å². The van der Waals surface area contributed by atoms with Gasteiger partial charge in [0.25, 0.3) is 0 Å². The van der Waals surface area contributed by atoms with Crippen molar-refractivity contribution in [2.45, 2.75) is 24.8 Å². The van der Waals surface area contributed by atoms with E-state index in [0.717, 1.165) is 23.9 Å². The lowest BCUT2D eigenvalue weighted by Crippen LogP contribution is -2.15. The van der Waals surface area contributed by atoms with Gasteiger partial charge in [-0.3, -0.25) is 14.2 Å². The van der Waals surface area contributed by atoms with Crippen LogP contribution < -0.4 is 15.4 Å². The summed E-state index contributed by atoms with van der Waals surface area (Å²) in [5.74, 6) is 0.729. The molecule has 1 heterocycles. The van der Waals surface area contributed by atoms with E-state index in [9.17, 15) is 22.8 Å². The molecule has 0 bridgehead atoms. The summed E-state index contributed by atoms with van der Waals surface area (Å²) in [6, 6.07) is 18.5. The molecule has 0 spiro atoms. The van der Waals surface area contributed by atoms with Crippen molar-refractivity contribution < 1.29 is 27.5 Å². The highest BCUT2D eigenvalue weighted by atomic mass is 32.2. The van der Waals surface area contributed by atoms with Crippen LogP contribution in [0.15, 0.2) is 78.0 Å². The number of nitrogens with zero attached hydrogens (tertiary/aromatic N) is 3. The maximum Gasteiger partial charge on any atom is 0.416 e. The number of rotatable bonds is 10. The maximum absolute atomic E-state index is 13.1. The minimum atomic E-state index is -4.46. The molecule has 0 fully saturated rings. The predicted octanol–water partition coefficient (Wildman–Crippen LogP) is 5.84. The first-order valence-electron chi connectivity index (χ1n) is 11.7. The summed E-state index contributed by atoms with van der Waals surface area (Å²) in [5, 5.41) is 14.6. The molecule has 2 N–H and O–H groups in total. The van der Waals surface area contributed by atoms with Crippen LogP contribution in [0.25, 0.3) is 5.69 Å². The first-order chi connectivity index (χ1) is 18.6. The minimum Gasteiger partial charge on any atom is -0.497 e. The Labute approximate surface area is 226 Å². The number of thioether (sulfide) groups is 1. The van der Waals surface area contributed by atoms with Gasteiger partial charge in [0.2, 0.25) is 5.91 Å². The third kappa shape index (κ3) is 7.17. The Bertz CT molecular complexity index is 1460. The number of benzene rings is 3. The Morgan fingerprint density at radius 3 is 2.33 bits per heavy atom. The molecule has 0 aliphatic heterocycles. The molecule has 0 saturated carbocycles. The number of alkyl halides is 3. The fraction of sp³-hybridized carbons (Fsp3) is 0.185. The molecule has 202 valence electrons. The zero-order valence-electron chi connectivity index (χ0n) is 21.0. The standard InChI is InChI=1S/C27H24F3N5O3S/c1-17(36)18-6-8-20(9-7-18)32-25(37)16-39-26-34-33-24(35(26)22-10-12-23(38-2)13-11-22)15-31-21-5-3-4-19(14-21)27(28,29)30/h3-14,31H,15-16H2,1-2H3,(H,32,37). The van der Waals surface area contributed by atoms with Gasteiger partial charge in [-0.15, -0.1) is 10.2 Å². The van der Waals surface area contributed by atoms with E-state index < -0.39 is 11.7 Å². The van der Waals surface area contributed by atoms with Crippen molar-refractivity contribution in [2.24, 2.45) is 0 Å². The molecule has 0 saturated heterocycles. The van der Waals surface area contributed by atoms with Gasteiger partial charge in [0, 0.05) is 22.6 Å². The molecule has 4 aromatic rings. The Morgan fingerprint density at radius 1 is 0.974 bits per heavy atom. The molecule has 1 aromatic heterocycles. The molecule has 0 aliphatic carbocycles. The van der Waals surface area contributed by atoms with Crippen LogP contribution >= 0.6 is 11.8 Å². The van der Waals surface area contributed by atoms with E-state index in [2.05, 4.69) is 20.8 Å². The number of ether oxygens (including phenoxy) is 1. The molecular weight excluding hydrogens is 531 g/mol. The molecular formula is C27H24F3N5O3S. The van der Waals surface area contributed by atoms with Crippen LogP contribution in [0.5, 0.6) is 5.75 Å². The second-order valence-electron chi connectivity index (χ2n) is 8.33. The summed E-state index contributed by atoms with van der Waals surface area (Å²) in [5.41, 5.74) is 1.29. The molecule has 3 aromatic carbocycles. The number of ketones is 1. The lowest BCUT2D eigenvalue weighted by Gasteiger charge is -2.13. The van der Waals surface area contributed by atoms with Crippen LogP contribution in [0, 0.1) is 0 Å². The van der Waals surface area contributed by atoms with Crippen molar-refractivity contribution >= 4 is 34.8 Å². The normalized spacial score (nSPS) is 11.2. The van der Waals surface area contributed by atoms with E-state index in [1.807, 2.05) is 0 Å². The smallest absolute Gasteiger partial charge is 0.416 e. The first-order valence-corrected chi connectivity index (χ1v) is 12.7. The number of aromatic nitrogens is 3. The molecule has 39 heavy (non-hydrogen) atoms. The van der Waals surface area contributed by atoms with Gasteiger partial charge >= 0.3 is 6.18 Å². The summed E-state index contributed by atoms with van der Waals surface area (Å²) in [6.45, 7) is 1.54. The Balaban J connectivity index is 1.51. The highest BCUT2D eigenvalue weighted by Gasteiger charge is 2.30. The third-order valence-electron chi connectivity index (χ3n) is 5.58. The summed E-state index contributed by atoms with van der Waals surface area (Å²) >= 11 is 1.15. The van der Waals surface area contributed by atoms with Gasteiger partial charge in [0.05, 0.1) is 25.0 Å². The number of carbonyl (C=O) groups is 2. The maximum atomic E-state index is 13.1. The molecule has 0 aliphatic rings. The third-order valence-corrected chi connectivity index (χ3v) is 6.51. The number of nitrogens with one attached hydrogen (secondary N) is 2. The van der Waals surface area contributed by atoms with Gasteiger partial charge in [-0.2, -0.15) is 13.2 Å². The highest BCUT2D eigenvalue weighted by Crippen LogP contribution is 2.31. The Kier molecular flexibility index (Phi) is 8.55. The van der Waals surface area contributed by atoms with Crippen LogP contribution in [0.2, 0.25) is 0 Å². The lowest BCUT2D eigenvalue weighted by atomic mass is 10.1. The number of Topliss-reactive ketones (excluding diaryl/α,β-unsaturated/α-hetero) is 1. The zero-order chi connectivity index (χ0) is 28.0. The summed E-state index contributed by atoms with van der Waals surface area (Å²) in [4.78, 5) is 24.0. The summed E-state index contributed by atoms with van der Waals surface area (Å²) in [7, 11) is 1.55. The van der Waals surface area contributed by atoms with Crippen molar-refractivity contribution in [2.75, 3.05) is 23.5 Å². The predicted molar refractivity (Wildman–Crippen MR) is 142 cm³/mol. The van der Waals surface area contributed by atoms with Crippen molar-refractivity contribution in [1.29, 1.82) is 0 Å². The number of anilines is 2. The number of carbonyl (C=O) groups excluding carboxylic acids is 2. The number of hydrogen-bond donors (Lipinski definition) is 2. The van der Waals surface area contributed by atoms with Crippen LogP contribution in [0.4, 0.5) is 24.5 Å². The average molecular weight is 556 g/mol. The van der Waals surface area contributed by atoms with E-state index in [-0.39, 0.29) is 29.7 Å². The fourth-order valence-corrected chi connectivity index (χ4v) is 4.37. The quantitative estimate of drug-likeness (QED) is 0.187. The highest BCUT2D eigenvalue weighted by molar-refractivity contribution is 7.99. The molecule has 12 heteroatoms. The fourth-order valence-electron chi connectivity index (χ4n) is 3.60. The molecule has 0 unspecified atom stereocenters. The van der Waals surface area contributed by atoms with Crippen LogP contribution in [0.3, 0.4) is 0 Å². The summed E-state index contributed by atoms with van der Waals surface area (Å²) in [6.07, 6.45) is -4.46. The Morgan fingerprint density at radius 2 is 1.69 bits per heavy atom. The van der Waals surface area contributed by atoms with Crippen LogP contribution in [0.1, 0.15) is 28.7 Å². The first kappa shape index (κ1) is 27.7. The van der Waals surface area contributed by atoms with Gasteiger partial charge in [-0.25, -0.2) is 0 Å². The van der Waals surface area contributed by atoms with Crippen LogP contribution in [-0.2, 0) is 17.5 Å². The van der Waals surface area contributed by atoms with Gasteiger partial charge in [-0.05, 0) is 73.7 Å². The molecule has 1 amide bonds. The average Bonchev–Trinajstić information content (AvgIpc) is 3.33. The SMILES string of the molecule is COc1ccc(-n2c(CNc3cccc(C(F)(F)F)c3)nnc2SCC(=O)Nc2ccc(C(C)=O)cc2)cc1. The van der Waals surface area contributed by atoms with Gasteiger partial charge in [-0.1, -0.05) is 17.8 Å². The number of methoxy groups -OCH3 is 1. The molecule has 4 rings (SSSR count). The van der Waals surface area contributed by atoms with E-state index in [4.69, 9.17) is 4.74 Å². The summed E-state index contributed by atoms with van der Waals surface area (Å²) < 4.78 is 46.3. The van der Waals surface area contributed by atoms with Crippen molar-refractivity contribution in [3.05, 3.63) is 89.7 Å². The number of amides is 1. The van der Waals surface area contributed by atoms with Gasteiger partial charge in [0.15, 0.2) is 16.8 Å². The lowest BCUT2D eigenvalue weighted by molar-refractivity contribution is -0.137. The van der Waals surface area contributed by atoms with E-state index >= 15 is 0 Å². The second kappa shape index (κ2) is 12.0. The zero-order valence-corrected chi connectivity index (χ0v) is 21.8. The second-order valence-corrected chi connectivity index (χ2v) is 9.28. The number of halogens is 3. The monoisotopic (exact) mass is 555 g/mol. The van der Waals surface area contributed by atoms with Crippen molar-refractivity contribution in [3.63, 3.8) is 0 Å². The Hall–Kier alpha value is -4.32. The molecule has 0 radical (unpaired) electrons. The van der Waals surface area contributed by atoms with Crippen LogP contribution in [-0.4, -0.2) is 39.3 Å². The van der Waals surface area contributed by atoms with E-state index in [1.54, 1.807) is 60.2 Å². The van der Waals surface area contributed by atoms with Gasteiger partial charge < -0.3 is 15.4 Å². The topological polar surface area (TPSA) is 98.1 Å². The molecule has 0 atom stereocenters. The van der Waals surface area contributed by atoms with E-state index in [1.165, 1.54) is 19.1 Å². The van der Waals surface area contributed by atoms with Crippen molar-refractivity contribution in [3.8, 4) is 11.4 Å². The minimum absolute atomic E-state index is 0.0177. The molecule has 8 nitrogen and oxygen atoms in total. The largest absolute Gasteiger partial charge is 0.497 e. The van der Waals surface area contributed by atoms with Crippen molar-refractivity contribution in [1.82, 2.24) is 14.8 Å². The number of hydrogen-bond acceptors (Lipinski definition) is 7. The van der Waals surface area contributed by atoms with Gasteiger partial charge in [0.1, 0.15) is 5.75 Å².